The lowest BCUT2D eigenvalue weighted by molar-refractivity contribution is 0.102. The van der Waals surface area contributed by atoms with Gasteiger partial charge in [0.2, 0.25) is 0 Å². The van der Waals surface area contributed by atoms with Crippen molar-refractivity contribution < 1.29 is 14.3 Å². The first-order valence-corrected chi connectivity index (χ1v) is 9.12. The van der Waals surface area contributed by atoms with Crippen molar-refractivity contribution in [3.05, 3.63) is 84.4 Å². The molecule has 0 fully saturated rings. The quantitative estimate of drug-likeness (QED) is 0.507. The van der Waals surface area contributed by atoms with Gasteiger partial charge in [-0.2, -0.15) is 0 Å². The van der Waals surface area contributed by atoms with Gasteiger partial charge < -0.3 is 14.8 Å². The van der Waals surface area contributed by atoms with Gasteiger partial charge in [-0.05, 0) is 55.0 Å². The molecule has 0 radical (unpaired) electrons. The number of rotatable bonds is 8. The van der Waals surface area contributed by atoms with Crippen LogP contribution in [0.15, 0.2) is 78.9 Å². The van der Waals surface area contributed by atoms with Crippen molar-refractivity contribution in [1.29, 1.82) is 0 Å². The Labute approximate surface area is 159 Å². The topological polar surface area (TPSA) is 47.6 Å². The third kappa shape index (κ3) is 5.35. The summed E-state index contributed by atoms with van der Waals surface area (Å²) in [6.07, 6.45) is 2.00. The molecule has 1 N–H and O–H groups in total. The predicted molar refractivity (Wildman–Crippen MR) is 108 cm³/mol. The molecule has 0 aliphatic carbocycles. The summed E-state index contributed by atoms with van der Waals surface area (Å²) in [7, 11) is 0. The lowest BCUT2D eigenvalue weighted by Crippen LogP contribution is -2.13. The van der Waals surface area contributed by atoms with Gasteiger partial charge in [0.05, 0.1) is 12.2 Å². The van der Waals surface area contributed by atoms with Gasteiger partial charge in [-0.1, -0.05) is 43.7 Å². The van der Waals surface area contributed by atoms with E-state index in [1.807, 2.05) is 72.8 Å². The van der Waals surface area contributed by atoms with Crippen molar-refractivity contribution in [1.82, 2.24) is 0 Å². The number of anilines is 1. The van der Waals surface area contributed by atoms with E-state index in [1.54, 1.807) is 6.07 Å². The van der Waals surface area contributed by atoms with Crippen molar-refractivity contribution >= 4 is 11.6 Å². The summed E-state index contributed by atoms with van der Waals surface area (Å²) < 4.78 is 11.5. The molecule has 0 saturated carbocycles. The van der Waals surface area contributed by atoms with Gasteiger partial charge in [0.25, 0.3) is 5.91 Å². The van der Waals surface area contributed by atoms with Crippen molar-refractivity contribution in [3.8, 4) is 17.2 Å². The molecule has 0 heterocycles. The van der Waals surface area contributed by atoms with Gasteiger partial charge in [0.15, 0.2) is 0 Å². The predicted octanol–water partition coefficient (Wildman–Crippen LogP) is 5.91. The van der Waals surface area contributed by atoms with Crippen LogP contribution in [0.4, 0.5) is 5.69 Å². The fraction of sp³-hybridized carbons (Fsp3) is 0.174. The van der Waals surface area contributed by atoms with E-state index >= 15 is 0 Å². The van der Waals surface area contributed by atoms with E-state index in [1.165, 1.54) is 0 Å². The van der Waals surface area contributed by atoms with Crippen LogP contribution >= 0.6 is 0 Å². The highest BCUT2D eigenvalue weighted by Crippen LogP contribution is 2.24. The molecule has 27 heavy (non-hydrogen) atoms. The third-order valence-electron chi connectivity index (χ3n) is 3.98. The number of hydrogen-bond donors (Lipinski definition) is 1. The normalized spacial score (nSPS) is 10.3. The Balaban J connectivity index is 1.64. The summed E-state index contributed by atoms with van der Waals surface area (Å²) in [4.78, 5) is 12.6. The molecule has 0 aliphatic rings. The second kappa shape index (κ2) is 9.43. The smallest absolute Gasteiger partial charge is 0.259 e. The number of hydrogen-bond acceptors (Lipinski definition) is 3. The van der Waals surface area contributed by atoms with Gasteiger partial charge >= 0.3 is 0 Å². The number of nitrogens with one attached hydrogen (secondary N) is 1. The first-order valence-electron chi connectivity index (χ1n) is 9.12. The Morgan fingerprint density at radius 3 is 2.26 bits per heavy atom. The summed E-state index contributed by atoms with van der Waals surface area (Å²) in [5, 5.41) is 2.91. The molecule has 0 saturated heterocycles. The Hall–Kier alpha value is -3.27. The van der Waals surface area contributed by atoms with Gasteiger partial charge in [-0.25, -0.2) is 0 Å². The van der Waals surface area contributed by atoms with E-state index in [2.05, 4.69) is 12.2 Å². The molecule has 0 bridgehead atoms. The highest BCUT2D eigenvalue weighted by molar-refractivity contribution is 6.06. The number of carbonyl (C=O) groups excluding carboxylic acids is 1. The maximum Gasteiger partial charge on any atom is 0.259 e. The number of amides is 1. The minimum atomic E-state index is -0.196. The Morgan fingerprint density at radius 1 is 0.852 bits per heavy atom. The second-order valence-electron chi connectivity index (χ2n) is 6.09. The van der Waals surface area contributed by atoms with Crippen LogP contribution in [-0.4, -0.2) is 12.5 Å². The van der Waals surface area contributed by atoms with E-state index in [0.29, 0.717) is 29.4 Å². The van der Waals surface area contributed by atoms with Crippen molar-refractivity contribution in [2.75, 3.05) is 11.9 Å². The summed E-state index contributed by atoms with van der Waals surface area (Å²) in [6, 6.07) is 24.1. The minimum Gasteiger partial charge on any atom is -0.493 e. The summed E-state index contributed by atoms with van der Waals surface area (Å²) in [5.74, 6) is 1.89. The maximum absolute atomic E-state index is 12.6. The molecule has 0 aliphatic heterocycles. The molecule has 3 rings (SSSR count). The number of unbranched alkanes of at least 4 members (excludes halogenated alkanes) is 1. The van der Waals surface area contributed by atoms with Crippen LogP contribution in [0.5, 0.6) is 17.2 Å². The van der Waals surface area contributed by atoms with Crippen LogP contribution in [0.2, 0.25) is 0 Å². The number of para-hydroxylation sites is 2. The number of ether oxygens (including phenoxy) is 2. The molecule has 3 aromatic rings. The Kier molecular flexibility index (Phi) is 6.47. The van der Waals surface area contributed by atoms with Crippen molar-refractivity contribution in [2.24, 2.45) is 0 Å². The molecule has 0 spiro atoms. The highest BCUT2D eigenvalue weighted by Gasteiger charge is 2.12. The SMILES string of the molecule is CCCCOc1ccccc1C(=O)Nc1ccc(Oc2ccccc2)cc1. The van der Waals surface area contributed by atoms with E-state index in [-0.39, 0.29) is 5.91 Å². The van der Waals surface area contributed by atoms with Crippen molar-refractivity contribution in [2.45, 2.75) is 19.8 Å². The fourth-order valence-corrected chi connectivity index (χ4v) is 2.54. The van der Waals surface area contributed by atoms with Crippen LogP contribution in [0, 0.1) is 0 Å². The van der Waals surface area contributed by atoms with Gasteiger partial charge in [-0.3, -0.25) is 4.79 Å². The van der Waals surface area contributed by atoms with E-state index in [9.17, 15) is 4.79 Å². The monoisotopic (exact) mass is 361 g/mol. The Morgan fingerprint density at radius 2 is 1.52 bits per heavy atom. The van der Waals surface area contributed by atoms with Crippen LogP contribution in [0.1, 0.15) is 30.1 Å². The second-order valence-corrected chi connectivity index (χ2v) is 6.09. The van der Waals surface area contributed by atoms with Crippen LogP contribution in [-0.2, 0) is 0 Å². The first-order chi connectivity index (χ1) is 13.3. The fourth-order valence-electron chi connectivity index (χ4n) is 2.54. The standard InChI is InChI=1S/C23H23NO3/c1-2-3-17-26-22-12-8-7-11-21(22)23(25)24-18-13-15-20(16-14-18)27-19-9-5-4-6-10-19/h4-16H,2-3,17H2,1H3,(H,24,25). The summed E-state index contributed by atoms with van der Waals surface area (Å²) >= 11 is 0. The maximum atomic E-state index is 12.6. The van der Waals surface area contributed by atoms with Crippen LogP contribution in [0.3, 0.4) is 0 Å². The minimum absolute atomic E-state index is 0.196. The molecular formula is C23H23NO3. The van der Waals surface area contributed by atoms with Crippen LogP contribution < -0.4 is 14.8 Å². The van der Waals surface area contributed by atoms with E-state index < -0.39 is 0 Å². The first kappa shape index (κ1) is 18.5. The lowest BCUT2D eigenvalue weighted by atomic mass is 10.2. The molecule has 0 unspecified atom stereocenters. The summed E-state index contributed by atoms with van der Waals surface area (Å²) in [5.41, 5.74) is 1.22. The van der Waals surface area contributed by atoms with E-state index in [0.717, 1.165) is 18.6 Å². The molecule has 4 heteroatoms. The van der Waals surface area contributed by atoms with E-state index in [4.69, 9.17) is 9.47 Å². The van der Waals surface area contributed by atoms with Gasteiger partial charge in [0, 0.05) is 5.69 Å². The molecule has 0 aromatic heterocycles. The molecule has 4 nitrogen and oxygen atoms in total. The lowest BCUT2D eigenvalue weighted by Gasteiger charge is -2.12. The zero-order valence-electron chi connectivity index (χ0n) is 15.4. The molecule has 0 atom stereocenters. The molecular weight excluding hydrogens is 338 g/mol. The third-order valence-corrected chi connectivity index (χ3v) is 3.98. The summed E-state index contributed by atoms with van der Waals surface area (Å²) in [6.45, 7) is 2.71. The number of benzene rings is 3. The highest BCUT2D eigenvalue weighted by atomic mass is 16.5. The zero-order chi connectivity index (χ0) is 18.9. The largest absolute Gasteiger partial charge is 0.493 e. The Bertz CT molecular complexity index is 860. The van der Waals surface area contributed by atoms with Crippen LogP contribution in [0.25, 0.3) is 0 Å². The molecule has 138 valence electrons. The zero-order valence-corrected chi connectivity index (χ0v) is 15.4. The molecule has 3 aromatic carbocycles. The number of carbonyl (C=O) groups is 1. The van der Waals surface area contributed by atoms with Gasteiger partial charge in [0.1, 0.15) is 17.2 Å². The average molecular weight is 361 g/mol. The van der Waals surface area contributed by atoms with Gasteiger partial charge in [-0.15, -0.1) is 0 Å². The van der Waals surface area contributed by atoms with Crippen molar-refractivity contribution in [3.63, 3.8) is 0 Å². The average Bonchev–Trinajstić information content (AvgIpc) is 2.71. The molecule has 1 amide bonds.